The standard InChI is InChI=1S/C30H25N7O12S2/c1-15-10-23(31-27(39)16-2-5-18(6-3-16)34-37-26-28(40)32-30(42)33-29(26)41)24(47-9-8-38)14-22(15)36-35-19-7-4-17-11-20(50-49-48-43)13-25(21(17)12-19)51(44,45)46/h2-7,10-14,26,38,43H,8-9H2,1H3,(H,31,39)(H,44,45,46)(H2,32,33,40,41,42). The fourth-order valence-electron chi connectivity index (χ4n) is 4.55. The highest BCUT2D eigenvalue weighted by molar-refractivity contribution is 7.94. The molecular weight excluding hydrogens is 715 g/mol. The van der Waals surface area contributed by atoms with Gasteiger partial charge in [0.1, 0.15) is 17.3 Å². The largest absolute Gasteiger partial charge is 0.489 e. The number of anilines is 1. The molecule has 0 spiro atoms. The third-order valence-corrected chi connectivity index (χ3v) is 8.32. The number of amides is 5. The monoisotopic (exact) mass is 739 g/mol. The van der Waals surface area contributed by atoms with Gasteiger partial charge in [0.15, 0.2) is 0 Å². The van der Waals surface area contributed by atoms with Gasteiger partial charge in [0.05, 0.1) is 41.4 Å². The lowest BCUT2D eigenvalue weighted by atomic mass is 10.1. The Morgan fingerprint density at radius 1 is 0.941 bits per heavy atom. The minimum absolute atomic E-state index is 0.119. The SMILES string of the molecule is Cc1cc(NC(=O)c2ccc(N=NC3C(=O)NC(=O)NC3=O)cc2)c(OCCO)cc1N=Nc1ccc2cc(SOOO)cc(S(=O)(=O)O)c2c1. The number of hydrogen-bond acceptors (Lipinski definition) is 16. The molecule has 1 fully saturated rings. The fraction of sp³-hybridized carbons (Fsp3) is 0.133. The van der Waals surface area contributed by atoms with Gasteiger partial charge in [-0.2, -0.15) is 28.9 Å². The number of hydrogen-bond donors (Lipinski definition) is 6. The van der Waals surface area contributed by atoms with Gasteiger partial charge in [0, 0.05) is 21.9 Å². The normalized spacial score (nSPS) is 13.9. The van der Waals surface area contributed by atoms with Gasteiger partial charge >= 0.3 is 6.03 Å². The molecule has 51 heavy (non-hydrogen) atoms. The van der Waals surface area contributed by atoms with Crippen LogP contribution in [0.3, 0.4) is 0 Å². The molecule has 5 rings (SSSR count). The third kappa shape index (κ3) is 9.11. The Hall–Kier alpha value is -5.68. The lowest BCUT2D eigenvalue weighted by molar-refractivity contribution is -0.432. The van der Waals surface area contributed by atoms with E-state index in [1.165, 1.54) is 48.5 Å². The molecule has 1 saturated heterocycles. The molecule has 264 valence electrons. The molecule has 1 aliphatic rings. The number of aryl methyl sites for hydroxylation is 1. The predicted molar refractivity (Wildman–Crippen MR) is 177 cm³/mol. The first-order chi connectivity index (χ1) is 24.4. The molecule has 0 aliphatic carbocycles. The number of imide groups is 2. The summed E-state index contributed by atoms with van der Waals surface area (Å²) >= 11 is 0.515. The van der Waals surface area contributed by atoms with Crippen LogP contribution in [0.25, 0.3) is 10.8 Å². The number of aliphatic hydroxyl groups excluding tert-OH is 1. The van der Waals surface area contributed by atoms with Gasteiger partial charge in [-0.05, 0) is 72.5 Å². The van der Waals surface area contributed by atoms with E-state index in [1.807, 2.05) is 10.6 Å². The minimum Gasteiger partial charge on any atom is -0.489 e. The van der Waals surface area contributed by atoms with Gasteiger partial charge in [0.2, 0.25) is 6.04 Å². The van der Waals surface area contributed by atoms with Gasteiger partial charge in [-0.25, -0.2) is 10.1 Å². The predicted octanol–water partition coefficient (Wildman–Crippen LogP) is 4.68. The summed E-state index contributed by atoms with van der Waals surface area (Å²) in [5.41, 5.74) is 1.73. The molecule has 1 heterocycles. The van der Waals surface area contributed by atoms with Crippen LogP contribution in [0, 0.1) is 6.92 Å². The summed E-state index contributed by atoms with van der Waals surface area (Å²) in [7, 11) is -4.69. The van der Waals surface area contributed by atoms with E-state index in [0.717, 1.165) is 6.07 Å². The van der Waals surface area contributed by atoms with E-state index < -0.39 is 44.8 Å². The number of ether oxygens (including phenoxy) is 1. The van der Waals surface area contributed by atoms with E-state index in [1.54, 1.807) is 19.1 Å². The van der Waals surface area contributed by atoms with Crippen LogP contribution in [-0.4, -0.2) is 66.3 Å². The second-order valence-electron chi connectivity index (χ2n) is 10.4. The molecule has 21 heteroatoms. The van der Waals surface area contributed by atoms with Crippen molar-refractivity contribution in [3.8, 4) is 5.75 Å². The maximum absolute atomic E-state index is 13.1. The fourth-order valence-corrected chi connectivity index (χ4v) is 5.80. The third-order valence-electron chi connectivity index (χ3n) is 6.87. The van der Waals surface area contributed by atoms with Crippen LogP contribution >= 0.6 is 12.0 Å². The summed E-state index contributed by atoms with van der Waals surface area (Å²) in [6, 6.07) is 13.4. The lowest BCUT2D eigenvalue weighted by Crippen LogP contribution is -2.57. The number of rotatable bonds is 13. The first-order valence-corrected chi connectivity index (χ1v) is 16.5. The first kappa shape index (κ1) is 36.6. The van der Waals surface area contributed by atoms with E-state index in [-0.39, 0.29) is 51.9 Å². The zero-order valence-corrected chi connectivity index (χ0v) is 27.6. The Bertz CT molecular complexity index is 2180. The van der Waals surface area contributed by atoms with Crippen molar-refractivity contribution in [3.63, 3.8) is 0 Å². The summed E-state index contributed by atoms with van der Waals surface area (Å²) in [6.07, 6.45) is 0. The molecule has 4 aromatic rings. The van der Waals surface area contributed by atoms with Crippen LogP contribution in [0.4, 0.5) is 27.5 Å². The summed E-state index contributed by atoms with van der Waals surface area (Å²) in [6.45, 7) is 1.24. The molecule has 4 aromatic carbocycles. The zero-order valence-electron chi connectivity index (χ0n) is 26.0. The molecule has 0 bridgehead atoms. The smallest absolute Gasteiger partial charge is 0.328 e. The maximum Gasteiger partial charge on any atom is 0.328 e. The number of azo groups is 2. The molecule has 0 saturated carbocycles. The molecule has 1 aliphatic heterocycles. The number of benzene rings is 4. The number of nitrogens with one attached hydrogen (secondary N) is 3. The first-order valence-electron chi connectivity index (χ1n) is 14.3. The number of nitrogens with zero attached hydrogens (tertiary/aromatic N) is 4. The Labute approximate surface area is 291 Å². The summed E-state index contributed by atoms with van der Waals surface area (Å²) in [4.78, 5) is 47.8. The van der Waals surface area contributed by atoms with Gasteiger partial charge in [0.25, 0.3) is 27.8 Å². The number of barbiturate groups is 1. The van der Waals surface area contributed by atoms with Crippen LogP contribution in [0.2, 0.25) is 0 Å². The molecule has 6 N–H and O–H groups in total. The van der Waals surface area contributed by atoms with E-state index >= 15 is 0 Å². The van der Waals surface area contributed by atoms with Crippen molar-refractivity contribution in [2.45, 2.75) is 22.8 Å². The molecule has 5 amide bonds. The number of carbonyl (C=O) groups excluding carboxylic acids is 4. The number of urea groups is 1. The molecule has 0 aromatic heterocycles. The average Bonchev–Trinajstić information content (AvgIpc) is 3.08. The van der Waals surface area contributed by atoms with Crippen LogP contribution < -0.4 is 20.7 Å². The topological polar surface area (TPSA) is 276 Å². The van der Waals surface area contributed by atoms with Gasteiger partial charge in [-0.1, -0.05) is 11.1 Å². The molecule has 0 unspecified atom stereocenters. The minimum atomic E-state index is -4.69. The van der Waals surface area contributed by atoms with Crippen molar-refractivity contribution >= 4 is 79.4 Å². The van der Waals surface area contributed by atoms with Crippen molar-refractivity contribution < 1.29 is 56.6 Å². The summed E-state index contributed by atoms with van der Waals surface area (Å²) < 4.78 is 44.1. The van der Waals surface area contributed by atoms with Crippen LogP contribution in [0.1, 0.15) is 15.9 Å². The second kappa shape index (κ2) is 15.9. The van der Waals surface area contributed by atoms with Crippen LogP contribution in [0.15, 0.2) is 97.0 Å². The van der Waals surface area contributed by atoms with Crippen molar-refractivity contribution in [2.24, 2.45) is 20.5 Å². The quantitative estimate of drug-likeness (QED) is 0.0272. The van der Waals surface area contributed by atoms with Crippen molar-refractivity contribution in [3.05, 3.63) is 77.9 Å². The van der Waals surface area contributed by atoms with Gasteiger partial charge < -0.3 is 15.2 Å². The molecule has 0 atom stereocenters. The van der Waals surface area contributed by atoms with E-state index in [2.05, 4.69) is 35.1 Å². The highest BCUT2D eigenvalue weighted by Gasteiger charge is 2.34. The van der Waals surface area contributed by atoms with Crippen LogP contribution in [-0.2, 0) is 29.1 Å². The van der Waals surface area contributed by atoms with Gasteiger partial charge in [-0.15, -0.1) is 4.33 Å². The van der Waals surface area contributed by atoms with Gasteiger partial charge in [-0.3, -0.25) is 29.6 Å². The lowest BCUT2D eigenvalue weighted by Gasteiger charge is -2.16. The summed E-state index contributed by atoms with van der Waals surface area (Å²) in [5.74, 6) is -2.25. The number of aliphatic hydroxyl groups is 1. The van der Waals surface area contributed by atoms with E-state index in [9.17, 15) is 37.3 Å². The number of carbonyl (C=O) groups is 4. The highest BCUT2D eigenvalue weighted by Crippen LogP contribution is 2.36. The van der Waals surface area contributed by atoms with E-state index in [0.29, 0.717) is 28.7 Å². The molecular formula is C30H25N7O12S2. The maximum atomic E-state index is 13.1. The number of fused-ring (bicyclic) bond motifs is 1. The Balaban J connectivity index is 1.35. The summed E-state index contributed by atoms with van der Waals surface area (Å²) in [5, 5.41) is 44.4. The zero-order chi connectivity index (χ0) is 36.7. The Kier molecular flexibility index (Phi) is 11.4. The van der Waals surface area contributed by atoms with Crippen molar-refractivity contribution in [1.29, 1.82) is 0 Å². The van der Waals surface area contributed by atoms with Crippen molar-refractivity contribution in [2.75, 3.05) is 18.5 Å². The van der Waals surface area contributed by atoms with E-state index in [4.69, 9.17) is 9.99 Å². The average molecular weight is 740 g/mol. The molecule has 19 nitrogen and oxygen atoms in total. The second-order valence-corrected chi connectivity index (χ2v) is 12.5. The van der Waals surface area contributed by atoms with Crippen LogP contribution in [0.5, 0.6) is 5.75 Å². The Morgan fingerprint density at radius 2 is 1.65 bits per heavy atom. The highest BCUT2D eigenvalue weighted by atomic mass is 32.2. The Morgan fingerprint density at radius 3 is 2.31 bits per heavy atom. The van der Waals surface area contributed by atoms with Crippen molar-refractivity contribution in [1.82, 2.24) is 10.6 Å². The molecule has 0 radical (unpaired) electrons.